The van der Waals surface area contributed by atoms with Gasteiger partial charge in [0.25, 0.3) is 0 Å². The first-order valence-electron chi connectivity index (χ1n) is 3.61. The number of furan rings is 1. The molecule has 0 radical (unpaired) electrons. The zero-order valence-electron chi connectivity index (χ0n) is 6.74. The fraction of sp³-hybridized carbons (Fsp3) is 0.500. The molecule has 0 saturated heterocycles. The molecule has 3 heteroatoms. The van der Waals surface area contributed by atoms with Crippen molar-refractivity contribution in [3.8, 4) is 0 Å². The predicted molar refractivity (Wildman–Crippen MR) is 42.1 cm³/mol. The van der Waals surface area contributed by atoms with E-state index in [-0.39, 0.29) is 0 Å². The minimum absolute atomic E-state index is 0.413. The third kappa shape index (κ3) is 1.82. The molecule has 0 spiro atoms. The first-order chi connectivity index (χ1) is 5.11. The van der Waals surface area contributed by atoms with Crippen LogP contribution in [-0.4, -0.2) is 11.2 Å². The van der Waals surface area contributed by atoms with Crippen molar-refractivity contribution in [3.05, 3.63) is 23.7 Å². The molecule has 0 aliphatic carbocycles. The van der Waals surface area contributed by atoms with Gasteiger partial charge in [0, 0.05) is 0 Å². The molecule has 2 atom stereocenters. The first kappa shape index (κ1) is 8.30. The van der Waals surface area contributed by atoms with E-state index in [4.69, 9.17) is 15.3 Å². The summed E-state index contributed by atoms with van der Waals surface area (Å²) in [5, 5.41) is 9.10. The summed E-state index contributed by atoms with van der Waals surface area (Å²) < 4.78 is 5.22. The van der Waals surface area contributed by atoms with Gasteiger partial charge < -0.3 is 15.3 Å². The van der Waals surface area contributed by atoms with E-state index < -0.39 is 12.1 Å². The summed E-state index contributed by atoms with van der Waals surface area (Å²) in [5.41, 5.74) is 5.61. The van der Waals surface area contributed by atoms with Crippen LogP contribution in [0.25, 0.3) is 0 Å². The first-order valence-corrected chi connectivity index (χ1v) is 3.61. The van der Waals surface area contributed by atoms with Gasteiger partial charge in [0.1, 0.15) is 11.5 Å². The van der Waals surface area contributed by atoms with Gasteiger partial charge in [-0.3, -0.25) is 0 Å². The van der Waals surface area contributed by atoms with Gasteiger partial charge in [0.2, 0.25) is 0 Å². The average Bonchev–Trinajstić information content (AvgIpc) is 2.34. The van der Waals surface area contributed by atoms with Crippen molar-refractivity contribution in [1.82, 2.24) is 0 Å². The lowest BCUT2D eigenvalue weighted by atomic mass is 10.1. The second kappa shape index (κ2) is 3.07. The van der Waals surface area contributed by atoms with Crippen molar-refractivity contribution in [1.29, 1.82) is 0 Å². The Hall–Kier alpha value is -0.800. The van der Waals surface area contributed by atoms with Gasteiger partial charge in [0.15, 0.2) is 0 Å². The lowest BCUT2D eigenvalue weighted by Crippen LogP contribution is -2.22. The van der Waals surface area contributed by atoms with Crippen LogP contribution in [0.1, 0.15) is 24.5 Å². The molecule has 0 aliphatic heterocycles. The summed E-state index contributed by atoms with van der Waals surface area (Å²) in [4.78, 5) is 0. The molecule has 3 nitrogen and oxygen atoms in total. The molecular formula is C8H13NO2. The second-order valence-corrected chi connectivity index (χ2v) is 2.71. The van der Waals surface area contributed by atoms with Crippen LogP contribution in [0.3, 0.4) is 0 Å². The smallest absolute Gasteiger partial charge is 0.123 e. The van der Waals surface area contributed by atoms with Crippen LogP contribution in [-0.2, 0) is 0 Å². The van der Waals surface area contributed by atoms with Crippen molar-refractivity contribution < 1.29 is 9.52 Å². The number of aliphatic hydroxyl groups is 1. The highest BCUT2D eigenvalue weighted by molar-refractivity contribution is 5.09. The highest BCUT2D eigenvalue weighted by Crippen LogP contribution is 2.16. The summed E-state index contributed by atoms with van der Waals surface area (Å²) in [5.74, 6) is 1.45. The second-order valence-electron chi connectivity index (χ2n) is 2.71. The SMILES string of the molecule is Cc1ccc([C@@H](N)[C@@H](C)O)o1. The van der Waals surface area contributed by atoms with Gasteiger partial charge in [-0.15, -0.1) is 0 Å². The third-order valence-electron chi connectivity index (χ3n) is 1.61. The number of aliphatic hydroxyl groups excluding tert-OH is 1. The van der Waals surface area contributed by atoms with Crippen molar-refractivity contribution in [3.63, 3.8) is 0 Å². The number of rotatable bonds is 2. The highest BCUT2D eigenvalue weighted by Gasteiger charge is 2.14. The Labute approximate surface area is 65.8 Å². The van der Waals surface area contributed by atoms with Gasteiger partial charge in [-0.25, -0.2) is 0 Å². The van der Waals surface area contributed by atoms with Crippen LogP contribution < -0.4 is 5.73 Å². The molecule has 0 fully saturated rings. The third-order valence-corrected chi connectivity index (χ3v) is 1.61. The molecule has 1 aromatic heterocycles. The molecule has 11 heavy (non-hydrogen) atoms. The van der Waals surface area contributed by atoms with E-state index in [0.717, 1.165) is 5.76 Å². The maximum atomic E-state index is 9.10. The normalized spacial score (nSPS) is 16.4. The number of aryl methyl sites for hydroxylation is 1. The minimum atomic E-state index is -0.569. The Kier molecular flexibility index (Phi) is 2.31. The number of hydrogen-bond acceptors (Lipinski definition) is 3. The fourth-order valence-electron chi connectivity index (χ4n) is 0.870. The van der Waals surface area contributed by atoms with Crippen molar-refractivity contribution >= 4 is 0 Å². The van der Waals surface area contributed by atoms with Gasteiger partial charge in [0.05, 0.1) is 12.1 Å². The predicted octanol–water partition coefficient (Wildman–Crippen LogP) is 0.969. The molecule has 1 heterocycles. The van der Waals surface area contributed by atoms with Gasteiger partial charge in [-0.2, -0.15) is 0 Å². The molecule has 0 aliphatic rings. The Balaban J connectivity index is 2.76. The van der Waals surface area contributed by atoms with Crippen LogP contribution in [0.15, 0.2) is 16.5 Å². The molecular weight excluding hydrogens is 142 g/mol. The standard InChI is InChI=1S/C8H13NO2/c1-5-3-4-7(11-5)8(9)6(2)10/h3-4,6,8,10H,9H2,1-2H3/t6-,8+/m1/s1. The maximum Gasteiger partial charge on any atom is 0.123 e. The summed E-state index contributed by atoms with van der Waals surface area (Å²) >= 11 is 0. The molecule has 3 N–H and O–H groups in total. The van der Waals surface area contributed by atoms with E-state index in [1.807, 2.05) is 13.0 Å². The average molecular weight is 155 g/mol. The summed E-state index contributed by atoms with van der Waals surface area (Å²) in [6.07, 6.45) is -0.569. The molecule has 62 valence electrons. The molecule has 0 aromatic carbocycles. The summed E-state index contributed by atoms with van der Waals surface area (Å²) in [6, 6.07) is 3.20. The Morgan fingerprint density at radius 3 is 2.55 bits per heavy atom. The Morgan fingerprint density at radius 2 is 2.18 bits per heavy atom. The van der Waals surface area contributed by atoms with Gasteiger partial charge in [-0.05, 0) is 26.0 Å². The lowest BCUT2D eigenvalue weighted by Gasteiger charge is -2.10. The molecule has 1 rings (SSSR count). The topological polar surface area (TPSA) is 59.4 Å². The van der Waals surface area contributed by atoms with Crippen LogP contribution >= 0.6 is 0 Å². The van der Waals surface area contributed by atoms with Gasteiger partial charge >= 0.3 is 0 Å². The van der Waals surface area contributed by atoms with Crippen LogP contribution in [0.5, 0.6) is 0 Å². The van der Waals surface area contributed by atoms with Crippen LogP contribution in [0, 0.1) is 6.92 Å². The van der Waals surface area contributed by atoms with Crippen LogP contribution in [0.2, 0.25) is 0 Å². The quantitative estimate of drug-likeness (QED) is 0.669. The van der Waals surface area contributed by atoms with E-state index in [9.17, 15) is 0 Å². The summed E-state index contributed by atoms with van der Waals surface area (Å²) in [6.45, 7) is 3.49. The van der Waals surface area contributed by atoms with E-state index in [2.05, 4.69) is 0 Å². The van der Waals surface area contributed by atoms with Crippen LogP contribution in [0.4, 0.5) is 0 Å². The lowest BCUT2D eigenvalue weighted by molar-refractivity contribution is 0.153. The number of hydrogen-bond donors (Lipinski definition) is 2. The van der Waals surface area contributed by atoms with Crippen molar-refractivity contribution in [2.45, 2.75) is 26.0 Å². The molecule has 0 saturated carbocycles. The maximum absolute atomic E-state index is 9.10. The largest absolute Gasteiger partial charge is 0.465 e. The molecule has 0 bridgehead atoms. The summed E-state index contributed by atoms with van der Waals surface area (Å²) in [7, 11) is 0. The molecule has 0 unspecified atom stereocenters. The monoisotopic (exact) mass is 155 g/mol. The highest BCUT2D eigenvalue weighted by atomic mass is 16.3. The van der Waals surface area contributed by atoms with Crippen molar-refractivity contribution in [2.75, 3.05) is 0 Å². The van der Waals surface area contributed by atoms with E-state index in [1.54, 1.807) is 13.0 Å². The van der Waals surface area contributed by atoms with Crippen molar-refractivity contribution in [2.24, 2.45) is 5.73 Å². The minimum Gasteiger partial charge on any atom is -0.465 e. The van der Waals surface area contributed by atoms with Gasteiger partial charge in [-0.1, -0.05) is 0 Å². The van der Waals surface area contributed by atoms with E-state index in [1.165, 1.54) is 0 Å². The molecule has 0 amide bonds. The zero-order valence-corrected chi connectivity index (χ0v) is 6.74. The molecule has 1 aromatic rings. The fourth-order valence-corrected chi connectivity index (χ4v) is 0.870. The Morgan fingerprint density at radius 1 is 1.55 bits per heavy atom. The van der Waals surface area contributed by atoms with E-state index >= 15 is 0 Å². The zero-order chi connectivity index (χ0) is 8.43. The Bertz CT molecular complexity index is 230. The number of nitrogens with two attached hydrogens (primary N) is 1. The van der Waals surface area contributed by atoms with E-state index in [0.29, 0.717) is 5.76 Å².